The van der Waals surface area contributed by atoms with Gasteiger partial charge >= 0.3 is 6.18 Å². The summed E-state index contributed by atoms with van der Waals surface area (Å²) in [5.74, 6) is 0.308. The second-order valence-corrected chi connectivity index (χ2v) is 4.66. The highest BCUT2D eigenvalue weighted by atomic mass is 19.4. The fourth-order valence-electron chi connectivity index (χ4n) is 1.71. The van der Waals surface area contributed by atoms with Gasteiger partial charge in [-0.15, -0.1) is 0 Å². The lowest BCUT2D eigenvalue weighted by atomic mass is 9.86. The third kappa shape index (κ3) is 3.23. The summed E-state index contributed by atoms with van der Waals surface area (Å²) in [5.41, 5.74) is 5.26. The standard InChI is InChI=1S/C10H14F3N3O3/c1-9(4-17-2-6(9)14)8-15-7(16-19-8)3-18-5-10(11,12)13/h6H,2-5,14H2,1H3. The highest BCUT2D eigenvalue weighted by molar-refractivity contribution is 5.11. The first-order valence-electron chi connectivity index (χ1n) is 5.62. The summed E-state index contributed by atoms with van der Waals surface area (Å²) in [4.78, 5) is 4.00. The molecule has 0 bridgehead atoms. The minimum absolute atomic E-state index is 0.0552. The first-order chi connectivity index (χ1) is 8.81. The van der Waals surface area contributed by atoms with Crippen LogP contribution in [0.15, 0.2) is 4.52 Å². The molecule has 2 rings (SSSR count). The van der Waals surface area contributed by atoms with Crippen molar-refractivity contribution in [2.45, 2.75) is 31.2 Å². The van der Waals surface area contributed by atoms with Crippen LogP contribution in [-0.4, -0.2) is 42.2 Å². The molecule has 2 unspecified atom stereocenters. The van der Waals surface area contributed by atoms with E-state index in [-0.39, 0.29) is 24.4 Å². The molecule has 1 aliphatic heterocycles. The lowest BCUT2D eigenvalue weighted by molar-refractivity contribution is -0.177. The lowest BCUT2D eigenvalue weighted by Crippen LogP contribution is -2.42. The quantitative estimate of drug-likeness (QED) is 0.877. The zero-order valence-electron chi connectivity index (χ0n) is 10.2. The largest absolute Gasteiger partial charge is 0.411 e. The van der Waals surface area contributed by atoms with E-state index in [1.165, 1.54) is 0 Å². The number of hydrogen-bond donors (Lipinski definition) is 1. The van der Waals surface area contributed by atoms with Crippen molar-refractivity contribution in [3.63, 3.8) is 0 Å². The van der Waals surface area contributed by atoms with Gasteiger partial charge in [0.15, 0.2) is 5.82 Å². The minimum Gasteiger partial charge on any atom is -0.379 e. The number of hydrogen-bond acceptors (Lipinski definition) is 6. The summed E-state index contributed by atoms with van der Waals surface area (Å²) in [6.07, 6.45) is -4.37. The zero-order valence-corrected chi connectivity index (χ0v) is 10.2. The van der Waals surface area contributed by atoms with E-state index < -0.39 is 18.2 Å². The molecule has 0 saturated carbocycles. The Morgan fingerprint density at radius 2 is 2.26 bits per heavy atom. The van der Waals surface area contributed by atoms with Crippen LogP contribution in [0.3, 0.4) is 0 Å². The van der Waals surface area contributed by atoms with Gasteiger partial charge in [0.05, 0.1) is 18.6 Å². The Labute approximate surface area is 107 Å². The first kappa shape index (κ1) is 14.2. The molecule has 2 heterocycles. The molecule has 6 nitrogen and oxygen atoms in total. The number of nitrogens with two attached hydrogens (primary N) is 1. The fourth-order valence-corrected chi connectivity index (χ4v) is 1.71. The van der Waals surface area contributed by atoms with Crippen LogP contribution < -0.4 is 5.73 Å². The van der Waals surface area contributed by atoms with Gasteiger partial charge < -0.3 is 19.7 Å². The Kier molecular flexibility index (Phi) is 3.79. The predicted molar refractivity (Wildman–Crippen MR) is 56.2 cm³/mol. The monoisotopic (exact) mass is 281 g/mol. The van der Waals surface area contributed by atoms with Crippen molar-refractivity contribution in [1.29, 1.82) is 0 Å². The topological polar surface area (TPSA) is 83.4 Å². The van der Waals surface area contributed by atoms with Crippen LogP contribution in [0.4, 0.5) is 13.2 Å². The SMILES string of the molecule is CC1(c2nc(COCC(F)(F)F)no2)COCC1N. The van der Waals surface area contributed by atoms with E-state index in [1.54, 1.807) is 6.92 Å². The van der Waals surface area contributed by atoms with Crippen molar-refractivity contribution < 1.29 is 27.2 Å². The molecule has 19 heavy (non-hydrogen) atoms. The van der Waals surface area contributed by atoms with Crippen molar-refractivity contribution in [3.8, 4) is 0 Å². The molecule has 2 atom stereocenters. The third-order valence-corrected chi connectivity index (χ3v) is 2.97. The lowest BCUT2D eigenvalue weighted by Gasteiger charge is -2.21. The molecule has 108 valence electrons. The smallest absolute Gasteiger partial charge is 0.379 e. The van der Waals surface area contributed by atoms with Gasteiger partial charge in [0.1, 0.15) is 13.2 Å². The van der Waals surface area contributed by atoms with Crippen LogP contribution in [0.5, 0.6) is 0 Å². The number of rotatable bonds is 4. The summed E-state index contributed by atoms with van der Waals surface area (Å²) in [6, 6.07) is -0.295. The summed E-state index contributed by atoms with van der Waals surface area (Å²) >= 11 is 0. The molecule has 0 amide bonds. The van der Waals surface area contributed by atoms with E-state index in [2.05, 4.69) is 14.9 Å². The maximum Gasteiger partial charge on any atom is 0.411 e. The average Bonchev–Trinajstić information content (AvgIpc) is 2.87. The molecule has 1 saturated heterocycles. The van der Waals surface area contributed by atoms with Crippen LogP contribution in [0, 0.1) is 0 Å². The van der Waals surface area contributed by atoms with E-state index in [4.69, 9.17) is 15.0 Å². The van der Waals surface area contributed by atoms with Gasteiger partial charge in [-0.3, -0.25) is 0 Å². The van der Waals surface area contributed by atoms with E-state index in [0.29, 0.717) is 13.2 Å². The number of halogens is 3. The molecular formula is C10H14F3N3O3. The molecule has 2 N–H and O–H groups in total. The Bertz CT molecular complexity index is 437. The van der Waals surface area contributed by atoms with Gasteiger partial charge in [-0.2, -0.15) is 18.2 Å². The van der Waals surface area contributed by atoms with Crippen molar-refractivity contribution in [1.82, 2.24) is 10.1 Å². The molecule has 9 heteroatoms. The number of aromatic nitrogens is 2. The van der Waals surface area contributed by atoms with Gasteiger partial charge in [0.2, 0.25) is 5.89 Å². The molecule has 0 aromatic carbocycles. The average molecular weight is 281 g/mol. The van der Waals surface area contributed by atoms with Crippen LogP contribution in [-0.2, 0) is 21.5 Å². The summed E-state index contributed by atoms with van der Waals surface area (Å²) in [7, 11) is 0. The van der Waals surface area contributed by atoms with Gasteiger partial charge in [0, 0.05) is 6.04 Å². The fraction of sp³-hybridized carbons (Fsp3) is 0.800. The Balaban J connectivity index is 1.96. The van der Waals surface area contributed by atoms with Gasteiger partial charge in [0.25, 0.3) is 0 Å². The van der Waals surface area contributed by atoms with E-state index in [1.807, 2.05) is 0 Å². The van der Waals surface area contributed by atoms with Crippen LogP contribution in [0.25, 0.3) is 0 Å². The Morgan fingerprint density at radius 1 is 1.53 bits per heavy atom. The molecule has 1 aromatic heterocycles. The minimum atomic E-state index is -4.37. The highest BCUT2D eigenvalue weighted by Crippen LogP contribution is 2.30. The predicted octanol–water partition coefficient (Wildman–Crippen LogP) is 0.764. The maximum atomic E-state index is 11.9. The summed E-state index contributed by atoms with van der Waals surface area (Å²) < 4.78 is 50.4. The van der Waals surface area contributed by atoms with Crippen LogP contribution in [0.1, 0.15) is 18.6 Å². The second kappa shape index (κ2) is 5.06. The summed E-state index contributed by atoms with van der Waals surface area (Å²) in [5, 5.41) is 3.57. The normalized spacial score (nSPS) is 27.9. The number of ether oxygens (including phenoxy) is 2. The van der Waals surface area contributed by atoms with Gasteiger partial charge in [-0.05, 0) is 6.92 Å². The molecule has 1 aromatic rings. The number of nitrogens with zero attached hydrogens (tertiary/aromatic N) is 2. The number of alkyl halides is 3. The van der Waals surface area contributed by atoms with E-state index in [0.717, 1.165) is 0 Å². The van der Waals surface area contributed by atoms with Crippen molar-refractivity contribution in [3.05, 3.63) is 11.7 Å². The van der Waals surface area contributed by atoms with Gasteiger partial charge in [-0.1, -0.05) is 5.16 Å². The molecule has 0 aliphatic carbocycles. The van der Waals surface area contributed by atoms with Crippen molar-refractivity contribution >= 4 is 0 Å². The van der Waals surface area contributed by atoms with Crippen LogP contribution >= 0.6 is 0 Å². The third-order valence-electron chi connectivity index (χ3n) is 2.97. The second-order valence-electron chi connectivity index (χ2n) is 4.66. The Morgan fingerprint density at radius 3 is 2.84 bits per heavy atom. The molecular weight excluding hydrogens is 267 g/mol. The first-order valence-corrected chi connectivity index (χ1v) is 5.62. The molecule has 1 fully saturated rings. The van der Waals surface area contributed by atoms with Gasteiger partial charge in [-0.25, -0.2) is 0 Å². The highest BCUT2D eigenvalue weighted by Gasteiger charge is 2.44. The van der Waals surface area contributed by atoms with E-state index in [9.17, 15) is 13.2 Å². The van der Waals surface area contributed by atoms with Crippen molar-refractivity contribution in [2.75, 3.05) is 19.8 Å². The molecule has 0 spiro atoms. The van der Waals surface area contributed by atoms with Crippen LogP contribution in [0.2, 0.25) is 0 Å². The Hall–Kier alpha value is -1.19. The molecule has 0 radical (unpaired) electrons. The van der Waals surface area contributed by atoms with Crippen molar-refractivity contribution in [2.24, 2.45) is 5.73 Å². The summed E-state index contributed by atoms with van der Waals surface area (Å²) in [6.45, 7) is 0.794. The van der Waals surface area contributed by atoms with E-state index >= 15 is 0 Å². The molecule has 1 aliphatic rings. The maximum absolute atomic E-state index is 11.9. The zero-order chi connectivity index (χ0) is 14.1.